The standard InChI is InChI=1S/C44H85O9P/c1-3-5-7-9-11-13-15-17-19-21-22-24-26-28-30-32-34-36-44(47)53-43(41-52-54(48,49)51-39-42(46)38-45)40-50-37-35-33-31-29-27-25-23-20-18-16-14-12-10-8-6-4-2/h12,14,18,20,42-43,45-46H,3-11,13,15-17,19,21-41H2,1-2H3,(H,48,49)/b14-12-,20-18-. The van der Waals surface area contributed by atoms with Crippen LogP contribution >= 0.6 is 7.82 Å². The third kappa shape index (κ3) is 40.6. The fourth-order valence-corrected chi connectivity index (χ4v) is 7.00. The van der Waals surface area contributed by atoms with E-state index in [1.54, 1.807) is 0 Å². The van der Waals surface area contributed by atoms with E-state index in [1.807, 2.05) is 0 Å². The van der Waals surface area contributed by atoms with Crippen molar-refractivity contribution < 1.29 is 43.0 Å². The van der Waals surface area contributed by atoms with E-state index in [2.05, 4.69) is 38.2 Å². The Balaban J connectivity index is 4.15. The van der Waals surface area contributed by atoms with E-state index in [-0.39, 0.29) is 25.6 Å². The zero-order valence-corrected chi connectivity index (χ0v) is 35.8. The predicted molar refractivity (Wildman–Crippen MR) is 224 cm³/mol. The molecule has 0 aliphatic rings. The molecule has 3 atom stereocenters. The van der Waals surface area contributed by atoms with Gasteiger partial charge in [-0.1, -0.05) is 179 Å². The number of hydrogen-bond donors (Lipinski definition) is 3. The van der Waals surface area contributed by atoms with Gasteiger partial charge in [0.15, 0.2) is 0 Å². The first-order chi connectivity index (χ1) is 26.3. The van der Waals surface area contributed by atoms with Gasteiger partial charge in [-0.05, 0) is 44.9 Å². The summed E-state index contributed by atoms with van der Waals surface area (Å²) in [6.45, 7) is 3.50. The largest absolute Gasteiger partial charge is 0.472 e. The van der Waals surface area contributed by atoms with Crippen molar-refractivity contribution in [3.63, 3.8) is 0 Å². The van der Waals surface area contributed by atoms with E-state index in [0.29, 0.717) is 6.61 Å². The SMILES string of the molecule is CCCCC/C=C\C/C=C\CCCCCCCCOCC(COP(=O)(O)OCC(O)CO)OC(=O)CCCCCCCCCCCCCCCCCCC. The van der Waals surface area contributed by atoms with Crippen LogP contribution in [0.2, 0.25) is 0 Å². The van der Waals surface area contributed by atoms with Gasteiger partial charge in [0.25, 0.3) is 0 Å². The van der Waals surface area contributed by atoms with Crippen LogP contribution in [-0.2, 0) is 27.9 Å². The minimum absolute atomic E-state index is 0.0459. The molecule has 0 aliphatic carbocycles. The number of aliphatic hydroxyl groups is 2. The smallest absolute Gasteiger partial charge is 0.457 e. The average molecular weight is 789 g/mol. The second-order valence-electron chi connectivity index (χ2n) is 15.1. The lowest BCUT2D eigenvalue weighted by atomic mass is 10.0. The number of aliphatic hydroxyl groups excluding tert-OH is 2. The van der Waals surface area contributed by atoms with Crippen LogP contribution in [0, 0.1) is 0 Å². The summed E-state index contributed by atoms with van der Waals surface area (Å²) in [5, 5.41) is 18.3. The van der Waals surface area contributed by atoms with Gasteiger partial charge in [0.1, 0.15) is 12.2 Å². The summed E-state index contributed by atoms with van der Waals surface area (Å²) >= 11 is 0. The van der Waals surface area contributed by atoms with Crippen molar-refractivity contribution in [2.24, 2.45) is 0 Å². The summed E-state index contributed by atoms with van der Waals surface area (Å²) in [6.07, 6.45) is 42.7. The van der Waals surface area contributed by atoms with E-state index in [4.69, 9.17) is 23.6 Å². The summed E-state index contributed by atoms with van der Waals surface area (Å²) in [5.41, 5.74) is 0. The molecule has 0 fully saturated rings. The summed E-state index contributed by atoms with van der Waals surface area (Å²) < 4.78 is 33.4. The molecule has 3 unspecified atom stereocenters. The first-order valence-corrected chi connectivity index (χ1v) is 23.8. The number of unbranched alkanes of at least 4 members (excludes halogenated alkanes) is 25. The second-order valence-corrected chi connectivity index (χ2v) is 16.5. The van der Waals surface area contributed by atoms with Crippen molar-refractivity contribution in [1.29, 1.82) is 0 Å². The summed E-state index contributed by atoms with van der Waals surface area (Å²) in [6, 6.07) is 0. The van der Waals surface area contributed by atoms with Crippen LogP contribution in [0.3, 0.4) is 0 Å². The van der Waals surface area contributed by atoms with E-state index in [0.717, 1.165) is 51.4 Å². The van der Waals surface area contributed by atoms with Crippen molar-refractivity contribution in [1.82, 2.24) is 0 Å². The maximum Gasteiger partial charge on any atom is 0.472 e. The number of carbonyl (C=O) groups is 1. The molecule has 0 amide bonds. The van der Waals surface area contributed by atoms with Gasteiger partial charge in [-0.15, -0.1) is 0 Å². The van der Waals surface area contributed by atoms with Crippen LogP contribution in [-0.4, -0.2) is 66.3 Å². The van der Waals surface area contributed by atoms with Crippen molar-refractivity contribution >= 4 is 13.8 Å². The molecule has 0 spiro atoms. The number of ether oxygens (including phenoxy) is 2. The van der Waals surface area contributed by atoms with Crippen LogP contribution < -0.4 is 0 Å². The van der Waals surface area contributed by atoms with Crippen molar-refractivity contribution in [2.45, 2.75) is 219 Å². The molecule has 9 nitrogen and oxygen atoms in total. The molecule has 3 N–H and O–H groups in total. The molecular weight excluding hydrogens is 703 g/mol. The normalized spacial score (nSPS) is 14.2. The molecule has 0 saturated carbocycles. The molecule has 0 radical (unpaired) electrons. The van der Waals surface area contributed by atoms with Gasteiger partial charge < -0.3 is 24.6 Å². The van der Waals surface area contributed by atoms with Gasteiger partial charge in [0.05, 0.1) is 26.4 Å². The highest BCUT2D eigenvalue weighted by molar-refractivity contribution is 7.47. The molecule has 0 rings (SSSR count). The Labute approximate surface area is 332 Å². The molecular formula is C44H85O9P. The summed E-state index contributed by atoms with van der Waals surface area (Å²) in [7, 11) is -4.52. The van der Waals surface area contributed by atoms with E-state index in [1.165, 1.54) is 135 Å². The van der Waals surface area contributed by atoms with Gasteiger partial charge in [-0.3, -0.25) is 13.8 Å². The van der Waals surface area contributed by atoms with E-state index < -0.39 is 33.2 Å². The highest BCUT2D eigenvalue weighted by Crippen LogP contribution is 2.43. The highest BCUT2D eigenvalue weighted by Gasteiger charge is 2.26. The van der Waals surface area contributed by atoms with Crippen molar-refractivity contribution in [3.8, 4) is 0 Å². The van der Waals surface area contributed by atoms with Crippen LogP contribution in [0.25, 0.3) is 0 Å². The molecule has 0 bridgehead atoms. The molecule has 10 heteroatoms. The molecule has 0 aromatic heterocycles. The van der Waals surface area contributed by atoms with Gasteiger partial charge in [-0.2, -0.15) is 0 Å². The zero-order chi connectivity index (χ0) is 39.6. The quantitative estimate of drug-likeness (QED) is 0.0239. The van der Waals surface area contributed by atoms with E-state index >= 15 is 0 Å². The summed E-state index contributed by atoms with van der Waals surface area (Å²) in [4.78, 5) is 22.6. The van der Waals surface area contributed by atoms with Crippen LogP contribution in [0.5, 0.6) is 0 Å². The molecule has 0 aromatic carbocycles. The number of rotatable bonds is 43. The lowest BCUT2D eigenvalue weighted by Crippen LogP contribution is -2.29. The topological polar surface area (TPSA) is 132 Å². The van der Waals surface area contributed by atoms with Crippen LogP contribution in [0.1, 0.15) is 206 Å². The number of allylic oxidation sites excluding steroid dienone is 4. The van der Waals surface area contributed by atoms with Crippen LogP contribution in [0.15, 0.2) is 24.3 Å². The first-order valence-electron chi connectivity index (χ1n) is 22.3. The van der Waals surface area contributed by atoms with Crippen LogP contribution in [0.4, 0.5) is 0 Å². The highest BCUT2D eigenvalue weighted by atomic mass is 31.2. The predicted octanol–water partition coefficient (Wildman–Crippen LogP) is 12.3. The minimum Gasteiger partial charge on any atom is -0.457 e. The Morgan fingerprint density at radius 3 is 1.52 bits per heavy atom. The minimum atomic E-state index is -4.52. The number of carbonyl (C=O) groups excluding carboxylic acids is 1. The third-order valence-electron chi connectivity index (χ3n) is 9.64. The zero-order valence-electron chi connectivity index (χ0n) is 35.0. The van der Waals surface area contributed by atoms with Crippen molar-refractivity contribution in [2.75, 3.05) is 33.0 Å². The Morgan fingerprint density at radius 2 is 1.00 bits per heavy atom. The first kappa shape index (κ1) is 52.9. The Hall–Kier alpha value is -1.06. The molecule has 54 heavy (non-hydrogen) atoms. The average Bonchev–Trinajstić information content (AvgIpc) is 3.16. The Morgan fingerprint density at radius 1 is 0.574 bits per heavy atom. The fourth-order valence-electron chi connectivity index (χ4n) is 6.21. The molecule has 320 valence electrons. The monoisotopic (exact) mass is 789 g/mol. The number of esters is 1. The molecule has 0 aliphatic heterocycles. The second kappa shape index (κ2) is 41.6. The lowest BCUT2D eigenvalue weighted by molar-refractivity contribution is -0.154. The number of phosphoric ester groups is 1. The third-order valence-corrected chi connectivity index (χ3v) is 10.6. The maximum atomic E-state index is 12.6. The number of hydrogen-bond acceptors (Lipinski definition) is 8. The van der Waals surface area contributed by atoms with Gasteiger partial charge >= 0.3 is 13.8 Å². The molecule has 0 aromatic rings. The fraction of sp³-hybridized carbons (Fsp3) is 0.886. The molecule has 0 heterocycles. The van der Waals surface area contributed by atoms with Gasteiger partial charge in [-0.25, -0.2) is 4.57 Å². The van der Waals surface area contributed by atoms with Crippen molar-refractivity contribution in [3.05, 3.63) is 24.3 Å². The molecule has 0 saturated heterocycles. The Kier molecular flexibility index (Phi) is 40.8. The van der Waals surface area contributed by atoms with Gasteiger partial charge in [0, 0.05) is 13.0 Å². The lowest BCUT2D eigenvalue weighted by Gasteiger charge is -2.20. The summed E-state index contributed by atoms with van der Waals surface area (Å²) in [5.74, 6) is -0.383. The van der Waals surface area contributed by atoms with E-state index in [9.17, 15) is 19.4 Å². The van der Waals surface area contributed by atoms with Gasteiger partial charge in [0.2, 0.25) is 0 Å². The maximum absolute atomic E-state index is 12.6. The number of phosphoric acid groups is 1. The Bertz CT molecular complexity index is 897.